The van der Waals surface area contributed by atoms with Gasteiger partial charge in [-0.05, 0) is 29.8 Å². The zero-order valence-electron chi connectivity index (χ0n) is 9.47. The maximum atomic E-state index is 10.5. The number of aromatic hydroxyl groups is 1. The van der Waals surface area contributed by atoms with Gasteiger partial charge in [0.2, 0.25) is 0 Å². The monoisotopic (exact) mass is 306 g/mol. The lowest BCUT2D eigenvalue weighted by Crippen LogP contribution is -1.95. The molecule has 0 saturated carbocycles. The summed E-state index contributed by atoms with van der Waals surface area (Å²) in [5, 5.41) is 9.51. The Morgan fingerprint density at radius 1 is 1.22 bits per heavy atom. The molecule has 0 heterocycles. The third-order valence-corrected chi connectivity index (χ3v) is 2.92. The number of benzene rings is 2. The van der Waals surface area contributed by atoms with Crippen molar-refractivity contribution in [1.29, 1.82) is 0 Å². The zero-order valence-corrected chi connectivity index (χ0v) is 11.1. The SMILES string of the molecule is O=Cc1ccc(OCc2cccc(Br)c2)cc1O. The molecule has 0 fully saturated rings. The largest absolute Gasteiger partial charge is 0.507 e. The van der Waals surface area contributed by atoms with E-state index in [0.717, 1.165) is 10.0 Å². The minimum absolute atomic E-state index is 0.0725. The predicted molar refractivity (Wildman–Crippen MR) is 72.0 cm³/mol. The van der Waals surface area contributed by atoms with Crippen LogP contribution in [0.3, 0.4) is 0 Å². The quantitative estimate of drug-likeness (QED) is 0.879. The second-order valence-electron chi connectivity index (χ2n) is 3.76. The Morgan fingerprint density at radius 2 is 2.06 bits per heavy atom. The molecule has 2 rings (SSSR count). The second-order valence-corrected chi connectivity index (χ2v) is 4.67. The van der Waals surface area contributed by atoms with Crippen molar-refractivity contribution in [3.63, 3.8) is 0 Å². The Morgan fingerprint density at radius 3 is 2.72 bits per heavy atom. The number of rotatable bonds is 4. The van der Waals surface area contributed by atoms with Gasteiger partial charge in [0.25, 0.3) is 0 Å². The summed E-state index contributed by atoms with van der Waals surface area (Å²) in [6.07, 6.45) is 0.605. The van der Waals surface area contributed by atoms with Gasteiger partial charge in [-0.2, -0.15) is 0 Å². The molecule has 0 atom stereocenters. The van der Waals surface area contributed by atoms with Crippen molar-refractivity contribution >= 4 is 22.2 Å². The summed E-state index contributed by atoms with van der Waals surface area (Å²) in [6, 6.07) is 12.4. The van der Waals surface area contributed by atoms with E-state index in [1.807, 2.05) is 24.3 Å². The van der Waals surface area contributed by atoms with Gasteiger partial charge >= 0.3 is 0 Å². The standard InChI is InChI=1S/C14H11BrO3/c15-12-3-1-2-10(6-12)9-18-13-5-4-11(8-16)14(17)7-13/h1-8,17H,9H2. The van der Waals surface area contributed by atoms with Crippen LogP contribution < -0.4 is 4.74 Å². The molecule has 0 saturated heterocycles. The molecule has 0 amide bonds. The fourth-order valence-corrected chi connectivity index (χ4v) is 1.95. The maximum absolute atomic E-state index is 10.5. The summed E-state index contributed by atoms with van der Waals surface area (Å²) >= 11 is 3.38. The molecule has 2 aromatic carbocycles. The first kappa shape index (κ1) is 12.6. The summed E-state index contributed by atoms with van der Waals surface area (Å²) in [7, 11) is 0. The van der Waals surface area contributed by atoms with Crippen molar-refractivity contribution in [1.82, 2.24) is 0 Å². The van der Waals surface area contributed by atoms with Gasteiger partial charge in [0.05, 0.1) is 5.56 Å². The molecule has 0 unspecified atom stereocenters. The number of hydrogen-bond acceptors (Lipinski definition) is 3. The summed E-state index contributed by atoms with van der Waals surface area (Å²) in [5.74, 6) is 0.454. The minimum Gasteiger partial charge on any atom is -0.507 e. The van der Waals surface area contributed by atoms with E-state index in [-0.39, 0.29) is 11.3 Å². The molecule has 18 heavy (non-hydrogen) atoms. The van der Waals surface area contributed by atoms with Crippen LogP contribution in [0.2, 0.25) is 0 Å². The lowest BCUT2D eigenvalue weighted by atomic mass is 10.2. The van der Waals surface area contributed by atoms with Crippen molar-refractivity contribution in [3.05, 3.63) is 58.1 Å². The van der Waals surface area contributed by atoms with Crippen LogP contribution in [0.4, 0.5) is 0 Å². The first-order chi connectivity index (χ1) is 8.69. The van der Waals surface area contributed by atoms with Gasteiger partial charge in [-0.3, -0.25) is 4.79 Å². The average molecular weight is 307 g/mol. The Balaban J connectivity index is 2.06. The van der Waals surface area contributed by atoms with Gasteiger partial charge in [0, 0.05) is 10.5 Å². The topological polar surface area (TPSA) is 46.5 Å². The molecule has 0 aliphatic heterocycles. The maximum Gasteiger partial charge on any atom is 0.153 e. The fraction of sp³-hybridized carbons (Fsp3) is 0.0714. The Hall–Kier alpha value is -1.81. The number of ether oxygens (including phenoxy) is 1. The molecule has 0 spiro atoms. The molecule has 0 aliphatic rings. The number of hydrogen-bond donors (Lipinski definition) is 1. The highest BCUT2D eigenvalue weighted by molar-refractivity contribution is 9.10. The van der Waals surface area contributed by atoms with E-state index in [2.05, 4.69) is 15.9 Å². The van der Waals surface area contributed by atoms with Crippen molar-refractivity contribution in [2.75, 3.05) is 0 Å². The van der Waals surface area contributed by atoms with Gasteiger partial charge in [-0.15, -0.1) is 0 Å². The molecule has 4 heteroatoms. The van der Waals surface area contributed by atoms with Gasteiger partial charge in [0.15, 0.2) is 6.29 Å². The van der Waals surface area contributed by atoms with E-state index in [4.69, 9.17) is 4.74 Å². The lowest BCUT2D eigenvalue weighted by Gasteiger charge is -2.07. The number of phenolic OH excluding ortho intramolecular Hbond substituents is 1. The minimum atomic E-state index is -0.0725. The van der Waals surface area contributed by atoms with Crippen molar-refractivity contribution in [2.24, 2.45) is 0 Å². The number of halogens is 1. The molecule has 0 aliphatic carbocycles. The summed E-state index contributed by atoms with van der Waals surface area (Å²) in [4.78, 5) is 10.5. The molecule has 1 N–H and O–H groups in total. The van der Waals surface area contributed by atoms with E-state index < -0.39 is 0 Å². The molecule has 0 bridgehead atoms. The van der Waals surface area contributed by atoms with Crippen LogP contribution in [0.25, 0.3) is 0 Å². The van der Waals surface area contributed by atoms with Crippen LogP contribution in [-0.2, 0) is 6.61 Å². The molecular weight excluding hydrogens is 296 g/mol. The normalized spacial score (nSPS) is 10.1. The Labute approximate surface area is 113 Å². The van der Waals surface area contributed by atoms with Crippen LogP contribution in [0, 0.1) is 0 Å². The lowest BCUT2D eigenvalue weighted by molar-refractivity contribution is 0.112. The van der Waals surface area contributed by atoms with Crippen molar-refractivity contribution in [2.45, 2.75) is 6.61 Å². The second kappa shape index (κ2) is 5.69. The average Bonchev–Trinajstić information content (AvgIpc) is 2.37. The van der Waals surface area contributed by atoms with E-state index in [1.165, 1.54) is 12.1 Å². The summed E-state index contributed by atoms with van der Waals surface area (Å²) < 4.78 is 6.52. The number of aldehydes is 1. The van der Waals surface area contributed by atoms with Gasteiger partial charge in [0.1, 0.15) is 18.1 Å². The summed E-state index contributed by atoms with van der Waals surface area (Å²) in [6.45, 7) is 0.402. The van der Waals surface area contributed by atoms with Gasteiger partial charge < -0.3 is 9.84 Å². The van der Waals surface area contributed by atoms with Crippen LogP contribution in [-0.4, -0.2) is 11.4 Å². The highest BCUT2D eigenvalue weighted by Crippen LogP contribution is 2.23. The third-order valence-electron chi connectivity index (χ3n) is 2.42. The third kappa shape index (κ3) is 3.11. The first-order valence-electron chi connectivity index (χ1n) is 5.34. The molecule has 0 radical (unpaired) electrons. The van der Waals surface area contributed by atoms with Crippen molar-refractivity contribution < 1.29 is 14.6 Å². The highest BCUT2D eigenvalue weighted by atomic mass is 79.9. The van der Waals surface area contributed by atoms with E-state index in [9.17, 15) is 9.90 Å². The van der Waals surface area contributed by atoms with Gasteiger partial charge in [-0.25, -0.2) is 0 Å². The number of carbonyl (C=O) groups excluding carboxylic acids is 1. The van der Waals surface area contributed by atoms with E-state index in [1.54, 1.807) is 6.07 Å². The fourth-order valence-electron chi connectivity index (χ4n) is 1.51. The van der Waals surface area contributed by atoms with Crippen LogP contribution in [0.1, 0.15) is 15.9 Å². The molecule has 92 valence electrons. The van der Waals surface area contributed by atoms with Crippen LogP contribution in [0.15, 0.2) is 46.9 Å². The van der Waals surface area contributed by atoms with E-state index >= 15 is 0 Å². The Kier molecular flexibility index (Phi) is 3.99. The number of phenols is 1. The van der Waals surface area contributed by atoms with E-state index in [0.29, 0.717) is 18.6 Å². The predicted octanol–water partition coefficient (Wildman–Crippen LogP) is 3.55. The van der Waals surface area contributed by atoms with Gasteiger partial charge in [-0.1, -0.05) is 28.1 Å². The zero-order chi connectivity index (χ0) is 13.0. The highest BCUT2D eigenvalue weighted by Gasteiger charge is 2.02. The first-order valence-corrected chi connectivity index (χ1v) is 6.14. The molecule has 2 aromatic rings. The smallest absolute Gasteiger partial charge is 0.153 e. The Bertz CT molecular complexity index is 567. The summed E-state index contributed by atoms with van der Waals surface area (Å²) in [5.41, 5.74) is 1.27. The van der Waals surface area contributed by atoms with Crippen molar-refractivity contribution in [3.8, 4) is 11.5 Å². The molecule has 0 aromatic heterocycles. The number of carbonyl (C=O) groups is 1. The molecule has 3 nitrogen and oxygen atoms in total. The molecular formula is C14H11BrO3. The van der Waals surface area contributed by atoms with Crippen LogP contribution >= 0.6 is 15.9 Å². The van der Waals surface area contributed by atoms with Crippen LogP contribution in [0.5, 0.6) is 11.5 Å².